The number of nitrogens with zero attached hydrogens (tertiary/aromatic N) is 1. The fourth-order valence-corrected chi connectivity index (χ4v) is 2.94. The van der Waals surface area contributed by atoms with E-state index in [1.807, 2.05) is 0 Å². The maximum Gasteiger partial charge on any atom is 0.167 e. The molecular weight excluding hydrogens is 266 g/mol. The predicted octanol–water partition coefficient (Wildman–Crippen LogP) is 1.15. The van der Waals surface area contributed by atoms with Gasteiger partial charge in [-0.15, -0.1) is 0 Å². The van der Waals surface area contributed by atoms with Gasteiger partial charge in [0.15, 0.2) is 11.6 Å². The van der Waals surface area contributed by atoms with Crippen molar-refractivity contribution in [3.05, 3.63) is 29.3 Å². The van der Waals surface area contributed by atoms with Crippen molar-refractivity contribution in [2.24, 2.45) is 0 Å². The topological polar surface area (TPSA) is 33.7 Å². The molecule has 0 unspecified atom stereocenters. The first kappa shape index (κ1) is 13.7. The lowest BCUT2D eigenvalue weighted by Gasteiger charge is -2.25. The van der Waals surface area contributed by atoms with Crippen molar-refractivity contribution >= 4 is 0 Å². The van der Waals surface area contributed by atoms with Crippen LogP contribution in [0.15, 0.2) is 12.1 Å². The highest BCUT2D eigenvalue weighted by molar-refractivity contribution is 5.35. The Morgan fingerprint density at radius 2 is 2.25 bits per heavy atom. The first-order valence-electron chi connectivity index (χ1n) is 6.77. The van der Waals surface area contributed by atoms with E-state index < -0.39 is 11.6 Å². The van der Waals surface area contributed by atoms with E-state index in [9.17, 15) is 8.78 Å². The molecule has 2 aliphatic heterocycles. The summed E-state index contributed by atoms with van der Waals surface area (Å²) in [6.07, 6.45) is 0.131. The summed E-state index contributed by atoms with van der Waals surface area (Å²) in [7, 11) is 1.46. The van der Waals surface area contributed by atoms with Gasteiger partial charge in [0.1, 0.15) is 5.75 Å². The number of fused-ring (bicyclic) bond motifs is 1. The Kier molecular flexibility index (Phi) is 3.87. The molecule has 2 fully saturated rings. The van der Waals surface area contributed by atoms with Crippen molar-refractivity contribution in [3.8, 4) is 5.75 Å². The van der Waals surface area contributed by atoms with E-state index in [0.717, 1.165) is 25.7 Å². The highest BCUT2D eigenvalue weighted by atomic mass is 19.2. The van der Waals surface area contributed by atoms with Gasteiger partial charge in [0.25, 0.3) is 0 Å². The highest BCUT2D eigenvalue weighted by Crippen LogP contribution is 2.27. The molecule has 1 aromatic rings. The van der Waals surface area contributed by atoms with E-state index >= 15 is 0 Å². The standard InChI is InChI=1S/C14H18F2N2O2/c1-19-12-3-2-10(15)14(16)9(12)6-18-7-11-13(8-18)20-5-4-17-11/h2-3,11,13,17H,4-8H2,1H3/t11-,13-/m0/s1. The molecule has 0 aliphatic carbocycles. The minimum Gasteiger partial charge on any atom is -0.496 e. The third-order valence-corrected chi connectivity index (χ3v) is 3.94. The number of halogens is 2. The number of likely N-dealkylation sites (tertiary alicyclic amines) is 1. The summed E-state index contributed by atoms with van der Waals surface area (Å²) in [5.41, 5.74) is 0.270. The number of methoxy groups -OCH3 is 1. The second-order valence-electron chi connectivity index (χ2n) is 5.21. The molecule has 3 rings (SSSR count). The molecule has 6 heteroatoms. The molecule has 4 nitrogen and oxygen atoms in total. The number of rotatable bonds is 3. The number of hydrogen-bond donors (Lipinski definition) is 1. The fraction of sp³-hybridized carbons (Fsp3) is 0.571. The number of morpholine rings is 1. The molecule has 0 aromatic heterocycles. The van der Waals surface area contributed by atoms with Gasteiger partial charge in [-0.3, -0.25) is 4.90 Å². The van der Waals surface area contributed by atoms with Gasteiger partial charge in [0, 0.05) is 37.8 Å². The van der Waals surface area contributed by atoms with E-state index in [1.165, 1.54) is 13.2 Å². The quantitative estimate of drug-likeness (QED) is 0.903. The van der Waals surface area contributed by atoms with Gasteiger partial charge in [-0.1, -0.05) is 0 Å². The third kappa shape index (κ3) is 2.51. The molecule has 1 N–H and O–H groups in total. The number of ether oxygens (including phenoxy) is 2. The Labute approximate surface area is 116 Å². The molecule has 0 saturated carbocycles. The molecule has 0 amide bonds. The molecule has 110 valence electrons. The maximum atomic E-state index is 13.9. The summed E-state index contributed by atoms with van der Waals surface area (Å²) in [4.78, 5) is 2.06. The molecule has 20 heavy (non-hydrogen) atoms. The average Bonchev–Trinajstić information content (AvgIpc) is 2.86. The van der Waals surface area contributed by atoms with Gasteiger partial charge in [0.05, 0.1) is 19.8 Å². The van der Waals surface area contributed by atoms with Crippen molar-refractivity contribution in [2.45, 2.75) is 18.7 Å². The molecule has 0 spiro atoms. The fourth-order valence-electron chi connectivity index (χ4n) is 2.94. The lowest BCUT2D eigenvalue weighted by Crippen LogP contribution is -2.47. The van der Waals surface area contributed by atoms with Gasteiger partial charge >= 0.3 is 0 Å². The van der Waals surface area contributed by atoms with Gasteiger partial charge in [0.2, 0.25) is 0 Å². The van der Waals surface area contributed by atoms with Crippen LogP contribution in [0.25, 0.3) is 0 Å². The van der Waals surface area contributed by atoms with E-state index in [-0.39, 0.29) is 17.7 Å². The second kappa shape index (κ2) is 5.63. The third-order valence-electron chi connectivity index (χ3n) is 3.94. The Hall–Kier alpha value is -1.24. The summed E-state index contributed by atoms with van der Waals surface area (Å²) in [6.45, 7) is 3.35. The summed E-state index contributed by atoms with van der Waals surface area (Å²) in [6, 6.07) is 2.82. The van der Waals surface area contributed by atoms with Crippen LogP contribution in [0.2, 0.25) is 0 Å². The van der Waals surface area contributed by atoms with Crippen LogP contribution in [-0.2, 0) is 11.3 Å². The summed E-state index contributed by atoms with van der Waals surface area (Å²) in [5.74, 6) is -1.28. The zero-order valence-corrected chi connectivity index (χ0v) is 11.4. The first-order chi connectivity index (χ1) is 9.69. The van der Waals surface area contributed by atoms with E-state index in [4.69, 9.17) is 9.47 Å². The molecule has 2 heterocycles. The minimum absolute atomic E-state index is 0.131. The average molecular weight is 284 g/mol. The molecule has 1 aromatic carbocycles. The number of hydrogen-bond acceptors (Lipinski definition) is 4. The smallest absolute Gasteiger partial charge is 0.167 e. The molecule has 0 bridgehead atoms. The monoisotopic (exact) mass is 284 g/mol. The largest absolute Gasteiger partial charge is 0.496 e. The molecular formula is C14H18F2N2O2. The Balaban J connectivity index is 1.76. The summed E-state index contributed by atoms with van der Waals surface area (Å²) < 4.78 is 38.1. The SMILES string of the molecule is COc1ccc(F)c(F)c1CN1C[C@@H]2NCCO[C@H]2C1. The lowest BCUT2D eigenvalue weighted by atomic mass is 10.1. The van der Waals surface area contributed by atoms with Crippen molar-refractivity contribution < 1.29 is 18.3 Å². The van der Waals surface area contributed by atoms with Crippen LogP contribution in [0.3, 0.4) is 0 Å². The predicted molar refractivity (Wildman–Crippen MR) is 69.7 cm³/mol. The Morgan fingerprint density at radius 3 is 3.00 bits per heavy atom. The highest BCUT2D eigenvalue weighted by Gasteiger charge is 2.35. The Morgan fingerprint density at radius 1 is 1.40 bits per heavy atom. The van der Waals surface area contributed by atoms with Crippen LogP contribution in [0.5, 0.6) is 5.75 Å². The molecule has 2 saturated heterocycles. The van der Waals surface area contributed by atoms with Crippen LogP contribution in [0.1, 0.15) is 5.56 Å². The number of benzene rings is 1. The Bertz CT molecular complexity index is 484. The summed E-state index contributed by atoms with van der Waals surface area (Å²) >= 11 is 0. The normalized spacial score (nSPS) is 26.6. The molecule has 2 aliphatic rings. The zero-order valence-electron chi connectivity index (χ0n) is 11.4. The maximum absolute atomic E-state index is 13.9. The zero-order chi connectivity index (χ0) is 14.1. The van der Waals surface area contributed by atoms with Gasteiger partial charge in [-0.25, -0.2) is 8.78 Å². The van der Waals surface area contributed by atoms with Crippen molar-refractivity contribution in [3.63, 3.8) is 0 Å². The number of nitrogens with one attached hydrogen (secondary N) is 1. The van der Waals surface area contributed by atoms with E-state index in [0.29, 0.717) is 18.9 Å². The van der Waals surface area contributed by atoms with Crippen molar-refractivity contribution in [2.75, 3.05) is 33.4 Å². The molecule has 2 atom stereocenters. The second-order valence-corrected chi connectivity index (χ2v) is 5.21. The van der Waals surface area contributed by atoms with Crippen molar-refractivity contribution in [1.82, 2.24) is 10.2 Å². The minimum atomic E-state index is -0.841. The molecule has 0 radical (unpaired) electrons. The van der Waals surface area contributed by atoms with Crippen LogP contribution in [0.4, 0.5) is 8.78 Å². The van der Waals surface area contributed by atoms with Gasteiger partial charge in [-0.2, -0.15) is 0 Å². The van der Waals surface area contributed by atoms with E-state index in [1.54, 1.807) is 0 Å². The van der Waals surface area contributed by atoms with Crippen LogP contribution in [-0.4, -0.2) is 50.4 Å². The lowest BCUT2D eigenvalue weighted by molar-refractivity contribution is 0.0175. The first-order valence-corrected chi connectivity index (χ1v) is 6.77. The summed E-state index contributed by atoms with van der Waals surface area (Å²) in [5, 5.41) is 3.39. The van der Waals surface area contributed by atoms with Crippen LogP contribution >= 0.6 is 0 Å². The van der Waals surface area contributed by atoms with Gasteiger partial charge < -0.3 is 14.8 Å². The van der Waals surface area contributed by atoms with Crippen LogP contribution in [0, 0.1) is 11.6 Å². The van der Waals surface area contributed by atoms with Crippen molar-refractivity contribution in [1.29, 1.82) is 0 Å². The van der Waals surface area contributed by atoms with Gasteiger partial charge in [-0.05, 0) is 12.1 Å². The van der Waals surface area contributed by atoms with Crippen LogP contribution < -0.4 is 10.1 Å². The van der Waals surface area contributed by atoms with E-state index in [2.05, 4.69) is 10.2 Å².